The minimum atomic E-state index is -1.67. The lowest BCUT2D eigenvalue weighted by atomic mass is 10.3. The first-order chi connectivity index (χ1) is 4.27. The SMILES string of the molecule is CCCCCO[PH](C)=O. The highest BCUT2D eigenvalue weighted by atomic mass is 31.1. The van der Waals surface area contributed by atoms with Gasteiger partial charge in [0, 0.05) is 6.66 Å². The van der Waals surface area contributed by atoms with Crippen LogP contribution in [-0.4, -0.2) is 13.3 Å². The van der Waals surface area contributed by atoms with Crippen molar-refractivity contribution in [2.45, 2.75) is 26.2 Å². The minimum Gasteiger partial charge on any atom is -0.331 e. The van der Waals surface area contributed by atoms with Crippen LogP contribution in [0.4, 0.5) is 0 Å². The molecule has 3 heteroatoms. The molecule has 1 unspecified atom stereocenters. The highest BCUT2D eigenvalue weighted by Crippen LogP contribution is 2.15. The van der Waals surface area contributed by atoms with Crippen LogP contribution < -0.4 is 0 Å². The van der Waals surface area contributed by atoms with E-state index < -0.39 is 8.03 Å². The van der Waals surface area contributed by atoms with Gasteiger partial charge in [-0.05, 0) is 6.42 Å². The van der Waals surface area contributed by atoms with Crippen LogP contribution in [0.1, 0.15) is 26.2 Å². The average molecular weight is 150 g/mol. The molecule has 0 spiro atoms. The molecule has 0 fully saturated rings. The van der Waals surface area contributed by atoms with E-state index in [1.807, 2.05) is 0 Å². The molecule has 0 aliphatic rings. The first-order valence-electron chi connectivity index (χ1n) is 3.40. The van der Waals surface area contributed by atoms with Gasteiger partial charge >= 0.3 is 0 Å². The summed E-state index contributed by atoms with van der Waals surface area (Å²) in [5.41, 5.74) is 0. The molecule has 0 bridgehead atoms. The van der Waals surface area contributed by atoms with Crippen molar-refractivity contribution in [1.82, 2.24) is 0 Å². The highest BCUT2D eigenvalue weighted by Gasteiger charge is 1.88. The Kier molecular flexibility index (Phi) is 6.45. The second-order valence-electron chi connectivity index (χ2n) is 2.05. The zero-order valence-corrected chi connectivity index (χ0v) is 7.14. The third kappa shape index (κ3) is 8.19. The Morgan fingerprint density at radius 3 is 2.56 bits per heavy atom. The van der Waals surface area contributed by atoms with Gasteiger partial charge in [0.05, 0.1) is 6.61 Å². The van der Waals surface area contributed by atoms with Crippen molar-refractivity contribution in [3.8, 4) is 0 Å². The monoisotopic (exact) mass is 150 g/mol. The summed E-state index contributed by atoms with van der Waals surface area (Å²) >= 11 is 0. The maximum absolute atomic E-state index is 10.4. The molecule has 0 heterocycles. The topological polar surface area (TPSA) is 26.3 Å². The van der Waals surface area contributed by atoms with E-state index in [0.717, 1.165) is 6.42 Å². The van der Waals surface area contributed by atoms with Gasteiger partial charge in [0.15, 0.2) is 8.03 Å². The largest absolute Gasteiger partial charge is 0.331 e. The fourth-order valence-corrected chi connectivity index (χ4v) is 1.000. The van der Waals surface area contributed by atoms with E-state index in [0.29, 0.717) is 6.61 Å². The van der Waals surface area contributed by atoms with Gasteiger partial charge in [-0.25, -0.2) is 0 Å². The summed E-state index contributed by atoms with van der Waals surface area (Å²) in [6.07, 6.45) is 3.41. The van der Waals surface area contributed by atoms with E-state index in [9.17, 15) is 4.57 Å². The van der Waals surface area contributed by atoms with Crippen molar-refractivity contribution < 1.29 is 9.09 Å². The Morgan fingerprint density at radius 2 is 2.11 bits per heavy atom. The molecule has 2 nitrogen and oxygen atoms in total. The van der Waals surface area contributed by atoms with Gasteiger partial charge < -0.3 is 4.52 Å². The summed E-state index contributed by atoms with van der Waals surface area (Å²) in [7, 11) is -1.67. The second-order valence-corrected chi connectivity index (χ2v) is 3.32. The quantitative estimate of drug-likeness (QED) is 0.444. The molecular formula is C6H15O2P. The maximum Gasteiger partial charge on any atom is 0.188 e. The molecule has 0 N–H and O–H groups in total. The highest BCUT2D eigenvalue weighted by molar-refractivity contribution is 7.38. The lowest BCUT2D eigenvalue weighted by molar-refractivity contribution is 0.321. The van der Waals surface area contributed by atoms with Crippen LogP contribution in [0.5, 0.6) is 0 Å². The number of rotatable bonds is 5. The van der Waals surface area contributed by atoms with Gasteiger partial charge in [-0.2, -0.15) is 0 Å². The van der Waals surface area contributed by atoms with Crippen molar-refractivity contribution in [1.29, 1.82) is 0 Å². The summed E-state index contributed by atoms with van der Waals surface area (Å²) in [5.74, 6) is 0. The third-order valence-electron chi connectivity index (χ3n) is 1.05. The van der Waals surface area contributed by atoms with Crippen LogP contribution in [0.15, 0.2) is 0 Å². The van der Waals surface area contributed by atoms with Crippen LogP contribution in [0.25, 0.3) is 0 Å². The fourth-order valence-electron chi connectivity index (χ4n) is 0.568. The molecule has 1 atom stereocenters. The van der Waals surface area contributed by atoms with Gasteiger partial charge in [0.25, 0.3) is 0 Å². The molecule has 0 saturated heterocycles. The first kappa shape index (κ1) is 9.19. The normalized spacial score (nSPS) is 13.6. The molecule has 0 aromatic carbocycles. The lowest BCUT2D eigenvalue weighted by Crippen LogP contribution is -1.84. The van der Waals surface area contributed by atoms with Crippen molar-refractivity contribution in [3.05, 3.63) is 0 Å². The molecule has 0 amide bonds. The van der Waals surface area contributed by atoms with E-state index in [-0.39, 0.29) is 0 Å². The molecule has 56 valence electrons. The molecule has 0 rings (SSSR count). The molecule has 0 aromatic heterocycles. The molecule has 0 aliphatic heterocycles. The van der Waals surface area contributed by atoms with E-state index >= 15 is 0 Å². The van der Waals surface area contributed by atoms with E-state index in [1.54, 1.807) is 6.66 Å². The maximum atomic E-state index is 10.4. The van der Waals surface area contributed by atoms with Gasteiger partial charge in [0.2, 0.25) is 0 Å². The molecular weight excluding hydrogens is 135 g/mol. The van der Waals surface area contributed by atoms with Crippen molar-refractivity contribution in [2.24, 2.45) is 0 Å². The van der Waals surface area contributed by atoms with E-state index in [4.69, 9.17) is 4.52 Å². The summed E-state index contributed by atoms with van der Waals surface area (Å²) in [4.78, 5) is 0. The van der Waals surface area contributed by atoms with Crippen LogP contribution >= 0.6 is 8.03 Å². The van der Waals surface area contributed by atoms with Crippen molar-refractivity contribution >= 4 is 8.03 Å². The standard InChI is InChI=1S/C6H15O2P/c1-3-4-5-6-8-9(2)7/h9H,3-6H2,1-2H3. The summed E-state index contributed by atoms with van der Waals surface area (Å²) in [6.45, 7) is 4.42. The summed E-state index contributed by atoms with van der Waals surface area (Å²) in [6, 6.07) is 0. The predicted molar refractivity (Wildman–Crippen MR) is 40.4 cm³/mol. The van der Waals surface area contributed by atoms with Crippen LogP contribution in [0.2, 0.25) is 0 Å². The fraction of sp³-hybridized carbons (Fsp3) is 1.00. The summed E-state index contributed by atoms with van der Waals surface area (Å²) < 4.78 is 15.3. The molecule has 9 heavy (non-hydrogen) atoms. The zero-order valence-electron chi connectivity index (χ0n) is 6.14. The van der Waals surface area contributed by atoms with Crippen LogP contribution in [-0.2, 0) is 9.09 Å². The molecule has 0 radical (unpaired) electrons. The minimum absolute atomic E-state index is 0.669. The van der Waals surface area contributed by atoms with E-state index in [2.05, 4.69) is 6.92 Å². The van der Waals surface area contributed by atoms with Gasteiger partial charge in [-0.15, -0.1) is 0 Å². The Hall–Kier alpha value is 0.190. The Labute approximate surface area is 57.5 Å². The zero-order chi connectivity index (χ0) is 7.11. The number of hydrogen-bond acceptors (Lipinski definition) is 2. The predicted octanol–water partition coefficient (Wildman–Crippen LogP) is 2.30. The number of hydrogen-bond donors (Lipinski definition) is 0. The van der Waals surface area contributed by atoms with Crippen molar-refractivity contribution in [3.63, 3.8) is 0 Å². The average Bonchev–Trinajstić information content (AvgIpc) is 1.80. The van der Waals surface area contributed by atoms with Gasteiger partial charge in [-0.3, -0.25) is 4.57 Å². The van der Waals surface area contributed by atoms with Gasteiger partial charge in [0.1, 0.15) is 0 Å². The second kappa shape index (κ2) is 6.31. The van der Waals surface area contributed by atoms with Crippen molar-refractivity contribution in [2.75, 3.05) is 13.3 Å². The molecule has 0 aliphatic carbocycles. The van der Waals surface area contributed by atoms with Crippen LogP contribution in [0.3, 0.4) is 0 Å². The molecule has 0 aromatic rings. The first-order valence-corrected chi connectivity index (χ1v) is 5.22. The van der Waals surface area contributed by atoms with E-state index in [1.165, 1.54) is 12.8 Å². The van der Waals surface area contributed by atoms with Gasteiger partial charge in [-0.1, -0.05) is 19.8 Å². The molecule has 0 saturated carbocycles. The smallest absolute Gasteiger partial charge is 0.188 e. The van der Waals surface area contributed by atoms with Crippen LogP contribution in [0, 0.1) is 0 Å². The third-order valence-corrected chi connectivity index (χ3v) is 1.66. The lowest BCUT2D eigenvalue weighted by Gasteiger charge is -1.97. The number of unbranched alkanes of at least 4 members (excludes halogenated alkanes) is 2. The Bertz CT molecular complexity index is 83.1. The Balaban J connectivity index is 2.83. The summed E-state index contributed by atoms with van der Waals surface area (Å²) in [5, 5.41) is 0. The Morgan fingerprint density at radius 1 is 1.44 bits per heavy atom.